The van der Waals surface area contributed by atoms with Gasteiger partial charge in [-0.25, -0.2) is 0 Å². The van der Waals surface area contributed by atoms with Gasteiger partial charge in [0.05, 0.1) is 0 Å². The van der Waals surface area contributed by atoms with Crippen molar-refractivity contribution in [2.75, 3.05) is 0 Å². The van der Waals surface area contributed by atoms with Crippen LogP contribution in [0.3, 0.4) is 0 Å². The molecule has 0 saturated carbocycles. The second-order valence-corrected chi connectivity index (χ2v) is 3.33. The summed E-state index contributed by atoms with van der Waals surface area (Å²) in [7, 11) is 0. The molecule has 0 aliphatic rings. The lowest BCUT2D eigenvalue weighted by Crippen LogP contribution is -2.18. The SMILES string of the molecule is CC(N)Cc1c(O)cccc1Cl. The molecule has 2 nitrogen and oxygen atoms in total. The van der Waals surface area contributed by atoms with Gasteiger partial charge in [0.1, 0.15) is 5.75 Å². The van der Waals surface area contributed by atoms with E-state index in [1.165, 1.54) is 0 Å². The molecule has 0 bridgehead atoms. The van der Waals surface area contributed by atoms with Crippen molar-refractivity contribution in [2.24, 2.45) is 5.73 Å². The van der Waals surface area contributed by atoms with Crippen molar-refractivity contribution in [2.45, 2.75) is 19.4 Å². The van der Waals surface area contributed by atoms with Gasteiger partial charge in [-0.2, -0.15) is 0 Å². The van der Waals surface area contributed by atoms with Gasteiger partial charge >= 0.3 is 0 Å². The fourth-order valence-corrected chi connectivity index (χ4v) is 1.32. The molecule has 1 rings (SSSR count). The van der Waals surface area contributed by atoms with Crippen LogP contribution in [-0.4, -0.2) is 11.1 Å². The van der Waals surface area contributed by atoms with Crippen LogP contribution in [0.5, 0.6) is 5.75 Å². The quantitative estimate of drug-likeness (QED) is 0.740. The van der Waals surface area contributed by atoms with Gasteiger partial charge in [-0.3, -0.25) is 0 Å². The molecule has 12 heavy (non-hydrogen) atoms. The summed E-state index contributed by atoms with van der Waals surface area (Å²) in [5.41, 5.74) is 6.32. The molecule has 1 unspecified atom stereocenters. The van der Waals surface area contributed by atoms with Crippen LogP contribution < -0.4 is 5.73 Å². The van der Waals surface area contributed by atoms with E-state index >= 15 is 0 Å². The number of hydrogen-bond donors (Lipinski definition) is 2. The van der Waals surface area contributed by atoms with Crippen LogP contribution >= 0.6 is 11.6 Å². The van der Waals surface area contributed by atoms with Crippen LogP contribution in [0.1, 0.15) is 12.5 Å². The Morgan fingerprint density at radius 2 is 2.25 bits per heavy atom. The first-order valence-corrected chi connectivity index (χ1v) is 4.21. The minimum absolute atomic E-state index is 0.01000. The Hall–Kier alpha value is -0.730. The fourth-order valence-electron chi connectivity index (χ4n) is 1.07. The summed E-state index contributed by atoms with van der Waals surface area (Å²) in [6.07, 6.45) is 0.603. The van der Waals surface area contributed by atoms with Crippen molar-refractivity contribution in [3.05, 3.63) is 28.8 Å². The molecule has 0 radical (unpaired) electrons. The Balaban J connectivity index is 2.96. The zero-order valence-corrected chi connectivity index (χ0v) is 7.67. The second kappa shape index (κ2) is 3.78. The minimum Gasteiger partial charge on any atom is -0.508 e. The molecule has 0 aliphatic heterocycles. The van der Waals surface area contributed by atoms with E-state index in [0.717, 1.165) is 5.56 Å². The highest BCUT2D eigenvalue weighted by Crippen LogP contribution is 2.25. The Bertz CT molecular complexity index is 253. The van der Waals surface area contributed by atoms with Crippen LogP contribution in [0.2, 0.25) is 5.02 Å². The number of aromatic hydroxyl groups is 1. The van der Waals surface area contributed by atoms with Gasteiger partial charge in [-0.15, -0.1) is 0 Å². The van der Waals surface area contributed by atoms with Crippen molar-refractivity contribution in [3.63, 3.8) is 0 Å². The first-order chi connectivity index (χ1) is 5.61. The standard InChI is InChI=1S/C9H12ClNO/c1-6(11)5-7-8(10)3-2-4-9(7)12/h2-4,6,12H,5,11H2,1H3. The molecule has 0 heterocycles. The van der Waals surface area contributed by atoms with Gasteiger partial charge < -0.3 is 10.8 Å². The van der Waals surface area contributed by atoms with E-state index in [1.807, 2.05) is 6.92 Å². The maximum absolute atomic E-state index is 9.40. The normalized spacial score (nSPS) is 12.9. The molecule has 1 aromatic rings. The zero-order chi connectivity index (χ0) is 9.14. The first kappa shape index (κ1) is 9.36. The van der Waals surface area contributed by atoms with Crippen LogP contribution in [0.15, 0.2) is 18.2 Å². The van der Waals surface area contributed by atoms with E-state index in [0.29, 0.717) is 11.4 Å². The number of phenols is 1. The lowest BCUT2D eigenvalue weighted by atomic mass is 10.1. The summed E-state index contributed by atoms with van der Waals surface area (Å²) < 4.78 is 0. The number of rotatable bonds is 2. The van der Waals surface area contributed by atoms with Crippen LogP contribution in [0, 0.1) is 0 Å². The van der Waals surface area contributed by atoms with Crippen LogP contribution in [0.25, 0.3) is 0 Å². The third-order valence-electron chi connectivity index (χ3n) is 1.62. The number of phenolic OH excluding ortho intramolecular Hbond substituents is 1. The Morgan fingerprint density at radius 3 is 2.75 bits per heavy atom. The van der Waals surface area contributed by atoms with Gasteiger partial charge in [-0.05, 0) is 25.5 Å². The number of halogens is 1. The molecule has 0 amide bonds. The van der Waals surface area contributed by atoms with Gasteiger partial charge in [0.2, 0.25) is 0 Å². The highest BCUT2D eigenvalue weighted by Gasteiger charge is 2.07. The predicted molar refractivity (Wildman–Crippen MR) is 50.5 cm³/mol. The maximum Gasteiger partial charge on any atom is 0.120 e. The van der Waals surface area contributed by atoms with Crippen LogP contribution in [-0.2, 0) is 6.42 Å². The number of nitrogens with two attached hydrogens (primary N) is 1. The predicted octanol–water partition coefficient (Wildman–Crippen LogP) is 1.94. The zero-order valence-electron chi connectivity index (χ0n) is 6.92. The van der Waals surface area contributed by atoms with E-state index in [9.17, 15) is 5.11 Å². The molecule has 0 aliphatic carbocycles. The monoisotopic (exact) mass is 185 g/mol. The van der Waals surface area contributed by atoms with Gasteiger partial charge in [0.25, 0.3) is 0 Å². The highest BCUT2D eigenvalue weighted by atomic mass is 35.5. The van der Waals surface area contributed by atoms with Gasteiger partial charge in [-0.1, -0.05) is 17.7 Å². The Labute approximate surface area is 77.0 Å². The summed E-state index contributed by atoms with van der Waals surface area (Å²) in [5, 5.41) is 9.98. The van der Waals surface area contributed by atoms with Crippen molar-refractivity contribution < 1.29 is 5.11 Å². The second-order valence-electron chi connectivity index (χ2n) is 2.92. The number of hydrogen-bond acceptors (Lipinski definition) is 2. The van der Waals surface area contributed by atoms with Crippen molar-refractivity contribution >= 4 is 11.6 Å². The first-order valence-electron chi connectivity index (χ1n) is 3.83. The molecule has 0 saturated heterocycles. The van der Waals surface area contributed by atoms with E-state index in [1.54, 1.807) is 18.2 Å². The fraction of sp³-hybridized carbons (Fsp3) is 0.333. The molecule has 1 aromatic carbocycles. The topological polar surface area (TPSA) is 46.2 Å². The van der Waals surface area contributed by atoms with Crippen molar-refractivity contribution in [3.8, 4) is 5.75 Å². The maximum atomic E-state index is 9.40. The lowest BCUT2D eigenvalue weighted by molar-refractivity contribution is 0.466. The minimum atomic E-state index is 0.01000. The molecule has 0 aromatic heterocycles. The largest absolute Gasteiger partial charge is 0.508 e. The Morgan fingerprint density at radius 1 is 1.58 bits per heavy atom. The highest BCUT2D eigenvalue weighted by molar-refractivity contribution is 6.31. The van der Waals surface area contributed by atoms with Crippen LogP contribution in [0.4, 0.5) is 0 Å². The summed E-state index contributed by atoms with van der Waals surface area (Å²) in [5.74, 6) is 0.222. The smallest absolute Gasteiger partial charge is 0.120 e. The Kier molecular flexibility index (Phi) is 2.95. The molecule has 0 fully saturated rings. The molecule has 3 heteroatoms. The summed E-state index contributed by atoms with van der Waals surface area (Å²) >= 11 is 5.86. The van der Waals surface area contributed by atoms with Gasteiger partial charge in [0.15, 0.2) is 0 Å². The van der Waals surface area contributed by atoms with Crippen molar-refractivity contribution in [1.29, 1.82) is 0 Å². The molecular weight excluding hydrogens is 174 g/mol. The van der Waals surface area contributed by atoms with E-state index in [4.69, 9.17) is 17.3 Å². The third-order valence-corrected chi connectivity index (χ3v) is 1.97. The average molecular weight is 186 g/mol. The van der Waals surface area contributed by atoms with Crippen molar-refractivity contribution in [1.82, 2.24) is 0 Å². The molecular formula is C9H12ClNO. The summed E-state index contributed by atoms with van der Waals surface area (Å²) in [6, 6.07) is 5.08. The number of benzene rings is 1. The van der Waals surface area contributed by atoms with E-state index < -0.39 is 0 Å². The molecule has 0 spiro atoms. The molecule has 1 atom stereocenters. The van der Waals surface area contributed by atoms with Gasteiger partial charge in [0, 0.05) is 16.6 Å². The summed E-state index contributed by atoms with van der Waals surface area (Å²) in [4.78, 5) is 0. The van der Waals surface area contributed by atoms with E-state index in [2.05, 4.69) is 0 Å². The van der Waals surface area contributed by atoms with E-state index in [-0.39, 0.29) is 11.8 Å². The molecule has 66 valence electrons. The third kappa shape index (κ3) is 2.13. The molecule has 3 N–H and O–H groups in total. The summed E-state index contributed by atoms with van der Waals surface area (Å²) in [6.45, 7) is 1.88. The lowest BCUT2D eigenvalue weighted by Gasteiger charge is -2.08. The average Bonchev–Trinajstić information content (AvgIpc) is 1.97.